The van der Waals surface area contributed by atoms with E-state index in [2.05, 4.69) is 5.10 Å². The first kappa shape index (κ1) is 9.02. The van der Waals surface area contributed by atoms with Gasteiger partial charge >= 0.3 is 0 Å². The van der Waals surface area contributed by atoms with E-state index in [1.807, 2.05) is 25.2 Å². The van der Waals surface area contributed by atoms with E-state index in [9.17, 15) is 0 Å². The van der Waals surface area contributed by atoms with Gasteiger partial charge in [0.1, 0.15) is 5.75 Å². The molecule has 0 saturated carbocycles. The molecule has 1 N–H and O–H groups in total. The number of aromatic nitrogens is 2. The summed E-state index contributed by atoms with van der Waals surface area (Å²) in [6.07, 6.45) is 0. The Balaban J connectivity index is 2.70. The third kappa shape index (κ3) is 1.24. The van der Waals surface area contributed by atoms with Crippen molar-refractivity contribution in [2.75, 3.05) is 7.11 Å². The first-order valence-electron chi connectivity index (χ1n) is 4.36. The minimum absolute atomic E-state index is 0.0380. The van der Waals surface area contributed by atoms with Crippen LogP contribution in [0.1, 0.15) is 5.69 Å². The van der Waals surface area contributed by atoms with Crippen LogP contribution in [0.15, 0.2) is 18.2 Å². The Morgan fingerprint density at radius 3 is 2.93 bits per heavy atom. The number of nitrogens with zero attached hydrogens (tertiary/aromatic N) is 2. The van der Waals surface area contributed by atoms with Gasteiger partial charge in [0, 0.05) is 18.5 Å². The summed E-state index contributed by atoms with van der Waals surface area (Å²) in [6, 6.07) is 5.68. The highest BCUT2D eigenvalue weighted by atomic mass is 16.5. The molecule has 0 atom stereocenters. The van der Waals surface area contributed by atoms with Crippen molar-refractivity contribution in [3.63, 3.8) is 0 Å². The molecule has 0 aliphatic carbocycles. The summed E-state index contributed by atoms with van der Waals surface area (Å²) in [4.78, 5) is 0. The second-order valence-corrected chi connectivity index (χ2v) is 3.11. The lowest BCUT2D eigenvalue weighted by Gasteiger charge is -1.99. The van der Waals surface area contributed by atoms with Crippen molar-refractivity contribution in [2.45, 2.75) is 6.61 Å². The molecule has 1 heterocycles. The van der Waals surface area contributed by atoms with E-state index < -0.39 is 0 Å². The number of aliphatic hydroxyl groups is 1. The van der Waals surface area contributed by atoms with Crippen molar-refractivity contribution < 1.29 is 9.84 Å². The van der Waals surface area contributed by atoms with E-state index in [0.29, 0.717) is 5.69 Å². The van der Waals surface area contributed by atoms with Gasteiger partial charge in [-0.3, -0.25) is 4.68 Å². The molecule has 2 aromatic rings. The van der Waals surface area contributed by atoms with Gasteiger partial charge in [-0.05, 0) is 12.1 Å². The Morgan fingerprint density at radius 2 is 2.29 bits per heavy atom. The lowest BCUT2D eigenvalue weighted by molar-refractivity contribution is 0.277. The number of fused-ring (bicyclic) bond motifs is 1. The molecule has 0 aliphatic rings. The molecule has 0 bridgehead atoms. The molecule has 1 aromatic carbocycles. The van der Waals surface area contributed by atoms with Crippen LogP contribution in [0.25, 0.3) is 10.9 Å². The lowest BCUT2D eigenvalue weighted by Crippen LogP contribution is -1.91. The summed E-state index contributed by atoms with van der Waals surface area (Å²) in [6.45, 7) is -0.0380. The van der Waals surface area contributed by atoms with E-state index >= 15 is 0 Å². The number of methoxy groups -OCH3 is 1. The topological polar surface area (TPSA) is 47.3 Å². The van der Waals surface area contributed by atoms with Gasteiger partial charge in [0.25, 0.3) is 0 Å². The fourth-order valence-electron chi connectivity index (χ4n) is 1.56. The van der Waals surface area contributed by atoms with Gasteiger partial charge in [0.2, 0.25) is 0 Å². The van der Waals surface area contributed by atoms with Crippen LogP contribution in [-0.4, -0.2) is 22.0 Å². The van der Waals surface area contributed by atoms with Crippen molar-refractivity contribution in [3.8, 4) is 5.75 Å². The summed E-state index contributed by atoms with van der Waals surface area (Å²) in [5, 5.41) is 14.2. The molecule has 0 fully saturated rings. The molecule has 74 valence electrons. The maximum atomic E-state index is 9.07. The van der Waals surface area contributed by atoms with E-state index in [4.69, 9.17) is 9.84 Å². The average molecular weight is 192 g/mol. The van der Waals surface area contributed by atoms with Crippen LogP contribution >= 0.6 is 0 Å². The predicted molar refractivity (Wildman–Crippen MR) is 53.2 cm³/mol. The molecule has 0 spiro atoms. The van der Waals surface area contributed by atoms with Crippen LogP contribution in [0.5, 0.6) is 5.75 Å². The summed E-state index contributed by atoms with van der Waals surface area (Å²) in [7, 11) is 3.48. The van der Waals surface area contributed by atoms with Crippen molar-refractivity contribution in [1.29, 1.82) is 0 Å². The normalized spacial score (nSPS) is 10.8. The fourth-order valence-corrected chi connectivity index (χ4v) is 1.56. The van der Waals surface area contributed by atoms with Crippen LogP contribution < -0.4 is 4.74 Å². The molecule has 0 aliphatic heterocycles. The zero-order chi connectivity index (χ0) is 10.1. The van der Waals surface area contributed by atoms with E-state index in [1.54, 1.807) is 11.8 Å². The highest BCUT2D eigenvalue weighted by molar-refractivity contribution is 5.83. The van der Waals surface area contributed by atoms with Gasteiger partial charge in [-0.15, -0.1) is 0 Å². The highest BCUT2D eigenvalue weighted by Crippen LogP contribution is 2.22. The van der Waals surface area contributed by atoms with Crippen molar-refractivity contribution >= 4 is 10.9 Å². The summed E-state index contributed by atoms with van der Waals surface area (Å²) < 4.78 is 6.86. The van der Waals surface area contributed by atoms with Crippen molar-refractivity contribution in [1.82, 2.24) is 9.78 Å². The van der Waals surface area contributed by atoms with E-state index in [1.165, 1.54) is 0 Å². The third-order valence-electron chi connectivity index (χ3n) is 2.28. The van der Waals surface area contributed by atoms with E-state index in [-0.39, 0.29) is 6.61 Å². The largest absolute Gasteiger partial charge is 0.497 e. The smallest absolute Gasteiger partial charge is 0.121 e. The summed E-state index contributed by atoms with van der Waals surface area (Å²) >= 11 is 0. The lowest BCUT2D eigenvalue weighted by atomic mass is 10.2. The van der Waals surface area contributed by atoms with Gasteiger partial charge in [0.15, 0.2) is 0 Å². The predicted octanol–water partition coefficient (Wildman–Crippen LogP) is 1.07. The maximum absolute atomic E-state index is 9.07. The Morgan fingerprint density at radius 1 is 1.50 bits per heavy atom. The summed E-state index contributed by atoms with van der Waals surface area (Å²) in [5.74, 6) is 0.796. The number of aryl methyl sites for hydroxylation is 1. The van der Waals surface area contributed by atoms with Gasteiger partial charge in [-0.1, -0.05) is 0 Å². The molecule has 4 nitrogen and oxygen atoms in total. The van der Waals surface area contributed by atoms with Gasteiger partial charge in [-0.2, -0.15) is 5.10 Å². The second kappa shape index (κ2) is 3.31. The maximum Gasteiger partial charge on any atom is 0.121 e. The van der Waals surface area contributed by atoms with Crippen LogP contribution in [0.2, 0.25) is 0 Å². The minimum Gasteiger partial charge on any atom is -0.497 e. The standard InChI is InChI=1S/C10H12N2O2/c1-12-10-5-7(14-2)3-4-8(10)9(6-13)11-12/h3-5,13H,6H2,1-2H3. The summed E-state index contributed by atoms with van der Waals surface area (Å²) in [5.41, 5.74) is 1.67. The highest BCUT2D eigenvalue weighted by Gasteiger charge is 2.07. The number of ether oxygens (including phenoxy) is 1. The van der Waals surface area contributed by atoms with E-state index in [0.717, 1.165) is 16.7 Å². The van der Waals surface area contributed by atoms with Crippen LogP contribution in [0.4, 0.5) is 0 Å². The molecule has 0 amide bonds. The molecular formula is C10H12N2O2. The molecule has 4 heteroatoms. The Kier molecular flexibility index (Phi) is 2.13. The second-order valence-electron chi connectivity index (χ2n) is 3.11. The molecule has 0 saturated heterocycles. The molecule has 0 unspecified atom stereocenters. The molecular weight excluding hydrogens is 180 g/mol. The number of aliphatic hydroxyl groups excluding tert-OH is 1. The number of rotatable bonds is 2. The van der Waals surface area contributed by atoms with Gasteiger partial charge in [0.05, 0.1) is 24.9 Å². The van der Waals surface area contributed by atoms with Gasteiger partial charge in [-0.25, -0.2) is 0 Å². The first-order chi connectivity index (χ1) is 6.76. The molecule has 14 heavy (non-hydrogen) atoms. The number of hydrogen-bond acceptors (Lipinski definition) is 3. The van der Waals surface area contributed by atoms with Crippen molar-refractivity contribution in [2.24, 2.45) is 7.05 Å². The van der Waals surface area contributed by atoms with Crippen LogP contribution in [-0.2, 0) is 13.7 Å². The SMILES string of the molecule is COc1ccc2c(CO)nn(C)c2c1. The Labute approximate surface area is 81.7 Å². The number of hydrogen-bond donors (Lipinski definition) is 1. The Bertz CT molecular complexity index is 462. The zero-order valence-electron chi connectivity index (χ0n) is 8.19. The first-order valence-corrected chi connectivity index (χ1v) is 4.36. The monoisotopic (exact) mass is 192 g/mol. The number of benzene rings is 1. The zero-order valence-corrected chi connectivity index (χ0v) is 8.19. The molecule has 1 aromatic heterocycles. The molecule has 0 radical (unpaired) electrons. The van der Waals surface area contributed by atoms with Crippen LogP contribution in [0.3, 0.4) is 0 Å². The van der Waals surface area contributed by atoms with Gasteiger partial charge < -0.3 is 9.84 Å². The fraction of sp³-hybridized carbons (Fsp3) is 0.300. The quantitative estimate of drug-likeness (QED) is 0.774. The van der Waals surface area contributed by atoms with Crippen LogP contribution in [0, 0.1) is 0 Å². The minimum atomic E-state index is -0.0380. The average Bonchev–Trinajstić information content (AvgIpc) is 2.55. The third-order valence-corrected chi connectivity index (χ3v) is 2.28. The molecule has 2 rings (SSSR count). The Hall–Kier alpha value is -1.55. The van der Waals surface area contributed by atoms with Crippen molar-refractivity contribution in [3.05, 3.63) is 23.9 Å².